The number of nitrogens with two attached hydrogens (primary N) is 1. The fourth-order valence-electron chi connectivity index (χ4n) is 1.45. The molecule has 0 aliphatic rings. The lowest BCUT2D eigenvalue weighted by Crippen LogP contribution is -2.41. The lowest BCUT2D eigenvalue weighted by Gasteiger charge is -2.19. The van der Waals surface area contributed by atoms with Gasteiger partial charge in [0, 0.05) is 18.4 Å². The zero-order chi connectivity index (χ0) is 11.3. The van der Waals surface area contributed by atoms with Crippen LogP contribution in [0.5, 0.6) is 0 Å². The standard InChI is InChI=1S/C11H17N3O/c1-3-10(11(12)15)14-8(2)9-4-6-13-7-5-9/h4-8,10,14H,3H2,1-2H3,(H2,12,15)/t8-,10?/m0/s1. The molecule has 1 aromatic rings. The van der Waals surface area contributed by atoms with Gasteiger partial charge in [0.25, 0.3) is 0 Å². The van der Waals surface area contributed by atoms with Gasteiger partial charge in [0.1, 0.15) is 0 Å². The molecule has 0 fully saturated rings. The molecule has 0 saturated heterocycles. The summed E-state index contributed by atoms with van der Waals surface area (Å²) in [7, 11) is 0. The molecule has 0 aliphatic heterocycles. The van der Waals surface area contributed by atoms with Crippen molar-refractivity contribution in [2.24, 2.45) is 5.73 Å². The third-order valence-corrected chi connectivity index (χ3v) is 2.41. The van der Waals surface area contributed by atoms with Gasteiger partial charge in [-0.2, -0.15) is 0 Å². The second-order valence-corrected chi connectivity index (χ2v) is 3.53. The molecule has 0 radical (unpaired) electrons. The van der Waals surface area contributed by atoms with Crippen molar-refractivity contribution in [1.82, 2.24) is 10.3 Å². The topological polar surface area (TPSA) is 68.0 Å². The number of hydrogen-bond donors (Lipinski definition) is 2. The van der Waals surface area contributed by atoms with Crippen molar-refractivity contribution in [2.45, 2.75) is 32.4 Å². The summed E-state index contributed by atoms with van der Waals surface area (Å²) in [5.41, 5.74) is 6.36. The molecule has 0 spiro atoms. The third kappa shape index (κ3) is 3.32. The molecule has 0 aliphatic carbocycles. The molecule has 3 N–H and O–H groups in total. The van der Waals surface area contributed by atoms with E-state index in [4.69, 9.17) is 5.73 Å². The highest BCUT2D eigenvalue weighted by Gasteiger charge is 2.15. The summed E-state index contributed by atoms with van der Waals surface area (Å²) < 4.78 is 0. The van der Waals surface area contributed by atoms with Crippen molar-refractivity contribution >= 4 is 5.91 Å². The number of pyridine rings is 1. The minimum absolute atomic E-state index is 0.102. The van der Waals surface area contributed by atoms with E-state index in [1.54, 1.807) is 12.4 Å². The maximum atomic E-state index is 11.0. The van der Waals surface area contributed by atoms with Gasteiger partial charge in [0.15, 0.2) is 0 Å². The van der Waals surface area contributed by atoms with E-state index in [2.05, 4.69) is 10.3 Å². The Hall–Kier alpha value is -1.42. The zero-order valence-electron chi connectivity index (χ0n) is 9.10. The summed E-state index contributed by atoms with van der Waals surface area (Å²) in [5, 5.41) is 3.18. The van der Waals surface area contributed by atoms with Crippen molar-refractivity contribution in [2.75, 3.05) is 0 Å². The number of aromatic nitrogens is 1. The Morgan fingerprint density at radius 3 is 2.60 bits per heavy atom. The summed E-state index contributed by atoms with van der Waals surface area (Å²) in [6.45, 7) is 3.93. The lowest BCUT2D eigenvalue weighted by molar-refractivity contribution is -0.120. The SMILES string of the molecule is CCC(N[C@@H](C)c1ccncc1)C(N)=O. The van der Waals surface area contributed by atoms with Crippen molar-refractivity contribution in [3.05, 3.63) is 30.1 Å². The van der Waals surface area contributed by atoms with Crippen molar-refractivity contribution in [1.29, 1.82) is 0 Å². The number of amides is 1. The number of nitrogens with one attached hydrogen (secondary N) is 1. The predicted molar refractivity (Wildman–Crippen MR) is 59.1 cm³/mol. The molecule has 1 rings (SSSR count). The first-order chi connectivity index (χ1) is 7.15. The highest BCUT2D eigenvalue weighted by molar-refractivity contribution is 5.79. The van der Waals surface area contributed by atoms with E-state index >= 15 is 0 Å². The molecular formula is C11H17N3O. The Labute approximate surface area is 89.9 Å². The predicted octanol–water partition coefficient (Wildman–Crippen LogP) is 0.996. The molecule has 4 nitrogen and oxygen atoms in total. The highest BCUT2D eigenvalue weighted by atomic mass is 16.1. The summed E-state index contributed by atoms with van der Waals surface area (Å²) in [6.07, 6.45) is 4.17. The van der Waals surface area contributed by atoms with E-state index in [0.29, 0.717) is 6.42 Å². The number of nitrogens with zero attached hydrogens (tertiary/aromatic N) is 1. The van der Waals surface area contributed by atoms with Crippen LogP contribution < -0.4 is 11.1 Å². The second kappa shape index (κ2) is 5.46. The van der Waals surface area contributed by atoms with Crippen LogP contribution >= 0.6 is 0 Å². The average Bonchev–Trinajstić information content (AvgIpc) is 2.26. The first-order valence-corrected chi connectivity index (χ1v) is 5.10. The number of carbonyl (C=O) groups excluding carboxylic acids is 1. The van der Waals surface area contributed by atoms with E-state index in [1.165, 1.54) is 0 Å². The van der Waals surface area contributed by atoms with Crippen LogP contribution in [0.4, 0.5) is 0 Å². The molecule has 0 bridgehead atoms. The molecule has 1 amide bonds. The van der Waals surface area contributed by atoms with Gasteiger partial charge in [0.05, 0.1) is 6.04 Å². The number of primary amides is 1. The molecule has 15 heavy (non-hydrogen) atoms. The van der Waals surface area contributed by atoms with Crippen LogP contribution in [0.25, 0.3) is 0 Å². The van der Waals surface area contributed by atoms with Crippen LogP contribution in [-0.4, -0.2) is 16.9 Å². The molecule has 1 unspecified atom stereocenters. The normalized spacial score (nSPS) is 14.5. The minimum Gasteiger partial charge on any atom is -0.368 e. The van der Waals surface area contributed by atoms with Crippen molar-refractivity contribution in [3.63, 3.8) is 0 Å². The highest BCUT2D eigenvalue weighted by Crippen LogP contribution is 2.11. The molecule has 2 atom stereocenters. The van der Waals surface area contributed by atoms with Gasteiger partial charge < -0.3 is 5.73 Å². The largest absolute Gasteiger partial charge is 0.368 e. The van der Waals surface area contributed by atoms with E-state index in [-0.39, 0.29) is 18.0 Å². The van der Waals surface area contributed by atoms with Crippen LogP contribution in [0.3, 0.4) is 0 Å². The Bertz CT molecular complexity index is 313. The van der Waals surface area contributed by atoms with Gasteiger partial charge in [-0.15, -0.1) is 0 Å². The fraction of sp³-hybridized carbons (Fsp3) is 0.455. The van der Waals surface area contributed by atoms with Crippen LogP contribution in [0.1, 0.15) is 31.9 Å². The van der Waals surface area contributed by atoms with Crippen LogP contribution in [0, 0.1) is 0 Å². The zero-order valence-corrected chi connectivity index (χ0v) is 9.10. The summed E-state index contributed by atoms with van der Waals surface area (Å²) in [6, 6.07) is 3.68. The van der Waals surface area contributed by atoms with Crippen molar-refractivity contribution < 1.29 is 4.79 Å². The minimum atomic E-state index is -0.307. The molecule has 1 aromatic heterocycles. The lowest BCUT2D eigenvalue weighted by atomic mass is 10.1. The molecule has 1 heterocycles. The van der Waals surface area contributed by atoms with Gasteiger partial charge >= 0.3 is 0 Å². The monoisotopic (exact) mass is 207 g/mol. The van der Waals surface area contributed by atoms with Gasteiger partial charge in [-0.25, -0.2) is 0 Å². The van der Waals surface area contributed by atoms with Gasteiger partial charge in [0.2, 0.25) is 5.91 Å². The second-order valence-electron chi connectivity index (χ2n) is 3.53. The third-order valence-electron chi connectivity index (χ3n) is 2.41. The maximum Gasteiger partial charge on any atom is 0.234 e. The summed E-state index contributed by atoms with van der Waals surface area (Å²) in [5.74, 6) is -0.307. The van der Waals surface area contributed by atoms with E-state index < -0.39 is 0 Å². The van der Waals surface area contributed by atoms with E-state index in [0.717, 1.165) is 5.56 Å². The average molecular weight is 207 g/mol. The Morgan fingerprint density at radius 2 is 2.13 bits per heavy atom. The molecule has 0 saturated carbocycles. The Morgan fingerprint density at radius 1 is 1.53 bits per heavy atom. The number of hydrogen-bond acceptors (Lipinski definition) is 3. The van der Waals surface area contributed by atoms with Crippen molar-refractivity contribution in [3.8, 4) is 0 Å². The van der Waals surface area contributed by atoms with E-state index in [1.807, 2.05) is 26.0 Å². The van der Waals surface area contributed by atoms with Crippen LogP contribution in [-0.2, 0) is 4.79 Å². The molecule has 0 aromatic carbocycles. The Balaban J connectivity index is 2.62. The maximum absolute atomic E-state index is 11.0. The van der Waals surface area contributed by atoms with Gasteiger partial charge in [-0.05, 0) is 31.0 Å². The van der Waals surface area contributed by atoms with Crippen LogP contribution in [0.15, 0.2) is 24.5 Å². The smallest absolute Gasteiger partial charge is 0.234 e. The van der Waals surface area contributed by atoms with Gasteiger partial charge in [-0.1, -0.05) is 6.92 Å². The Kier molecular flexibility index (Phi) is 4.24. The van der Waals surface area contributed by atoms with Gasteiger partial charge in [-0.3, -0.25) is 15.1 Å². The molecule has 4 heteroatoms. The first-order valence-electron chi connectivity index (χ1n) is 5.10. The van der Waals surface area contributed by atoms with E-state index in [9.17, 15) is 4.79 Å². The first kappa shape index (κ1) is 11.7. The number of carbonyl (C=O) groups is 1. The quantitative estimate of drug-likeness (QED) is 0.756. The summed E-state index contributed by atoms with van der Waals surface area (Å²) >= 11 is 0. The van der Waals surface area contributed by atoms with Crippen LogP contribution in [0.2, 0.25) is 0 Å². The molecular weight excluding hydrogens is 190 g/mol. The summed E-state index contributed by atoms with van der Waals surface area (Å²) in [4.78, 5) is 15.0. The fourth-order valence-corrected chi connectivity index (χ4v) is 1.45. The number of rotatable bonds is 5. The molecule has 82 valence electrons.